The van der Waals surface area contributed by atoms with Gasteiger partial charge < -0.3 is 5.73 Å². The molecule has 5 heteroatoms. The highest BCUT2D eigenvalue weighted by Crippen LogP contribution is 2.37. The SMILES string of the molecule is Nc1cnc(-c2ccnn2C2CC2)cn1. The van der Waals surface area contributed by atoms with Gasteiger partial charge in [-0.3, -0.25) is 4.68 Å². The second-order valence-electron chi connectivity index (χ2n) is 3.72. The molecule has 1 fully saturated rings. The summed E-state index contributed by atoms with van der Waals surface area (Å²) in [7, 11) is 0. The van der Waals surface area contributed by atoms with Crippen molar-refractivity contribution >= 4 is 5.82 Å². The summed E-state index contributed by atoms with van der Waals surface area (Å²) >= 11 is 0. The molecule has 0 radical (unpaired) electrons. The predicted molar refractivity (Wildman–Crippen MR) is 55.9 cm³/mol. The molecule has 2 aromatic heterocycles. The number of aromatic nitrogens is 4. The minimum atomic E-state index is 0.441. The van der Waals surface area contributed by atoms with Crippen molar-refractivity contribution in [1.29, 1.82) is 0 Å². The van der Waals surface area contributed by atoms with Crippen LogP contribution in [0.4, 0.5) is 5.82 Å². The molecule has 0 atom stereocenters. The van der Waals surface area contributed by atoms with E-state index in [-0.39, 0.29) is 0 Å². The molecule has 0 amide bonds. The van der Waals surface area contributed by atoms with E-state index in [0.717, 1.165) is 11.4 Å². The summed E-state index contributed by atoms with van der Waals surface area (Å²) in [6, 6.07) is 2.51. The summed E-state index contributed by atoms with van der Waals surface area (Å²) in [6.45, 7) is 0. The molecule has 2 heterocycles. The van der Waals surface area contributed by atoms with Crippen molar-refractivity contribution < 1.29 is 0 Å². The van der Waals surface area contributed by atoms with Crippen molar-refractivity contribution in [2.45, 2.75) is 18.9 Å². The number of nitrogens with zero attached hydrogens (tertiary/aromatic N) is 4. The standard InChI is InChI=1S/C10H11N5/c11-10-6-12-8(5-13-10)9-3-4-14-15(9)7-1-2-7/h3-7H,1-2H2,(H2,11,13). The molecule has 0 saturated heterocycles. The minimum Gasteiger partial charge on any atom is -0.382 e. The van der Waals surface area contributed by atoms with Gasteiger partial charge >= 0.3 is 0 Å². The fraction of sp³-hybridized carbons (Fsp3) is 0.300. The molecule has 15 heavy (non-hydrogen) atoms. The lowest BCUT2D eigenvalue weighted by Gasteiger charge is -2.04. The number of anilines is 1. The van der Waals surface area contributed by atoms with E-state index in [1.54, 1.807) is 18.6 Å². The van der Waals surface area contributed by atoms with E-state index in [0.29, 0.717) is 11.9 Å². The lowest BCUT2D eigenvalue weighted by molar-refractivity contribution is 0.647. The van der Waals surface area contributed by atoms with Gasteiger partial charge in [0.2, 0.25) is 0 Å². The zero-order valence-corrected chi connectivity index (χ0v) is 8.17. The first kappa shape index (κ1) is 8.40. The fourth-order valence-corrected chi connectivity index (χ4v) is 1.60. The zero-order chi connectivity index (χ0) is 10.3. The lowest BCUT2D eigenvalue weighted by Crippen LogP contribution is -2.00. The Hall–Kier alpha value is -1.91. The average Bonchev–Trinajstić information content (AvgIpc) is 2.98. The van der Waals surface area contributed by atoms with Crippen LogP contribution in [0, 0.1) is 0 Å². The van der Waals surface area contributed by atoms with E-state index in [1.165, 1.54) is 12.8 Å². The summed E-state index contributed by atoms with van der Waals surface area (Å²) in [5, 5.41) is 4.29. The van der Waals surface area contributed by atoms with E-state index in [4.69, 9.17) is 5.73 Å². The van der Waals surface area contributed by atoms with Crippen molar-refractivity contribution in [3.63, 3.8) is 0 Å². The Morgan fingerprint density at radius 1 is 1.27 bits per heavy atom. The monoisotopic (exact) mass is 201 g/mol. The number of rotatable bonds is 2. The lowest BCUT2D eigenvalue weighted by atomic mass is 10.3. The summed E-state index contributed by atoms with van der Waals surface area (Å²) in [5.41, 5.74) is 7.34. The summed E-state index contributed by atoms with van der Waals surface area (Å²) in [5.74, 6) is 0.441. The summed E-state index contributed by atoms with van der Waals surface area (Å²) in [6.07, 6.45) is 7.46. The van der Waals surface area contributed by atoms with Gasteiger partial charge in [0.15, 0.2) is 0 Å². The van der Waals surface area contributed by atoms with Crippen molar-refractivity contribution in [2.75, 3.05) is 5.73 Å². The van der Waals surface area contributed by atoms with Crippen LogP contribution in [0.25, 0.3) is 11.4 Å². The molecule has 76 valence electrons. The molecule has 0 spiro atoms. The van der Waals surface area contributed by atoms with Gasteiger partial charge in [-0.1, -0.05) is 0 Å². The molecule has 0 aliphatic heterocycles. The third-order valence-electron chi connectivity index (χ3n) is 2.50. The maximum atomic E-state index is 5.49. The maximum Gasteiger partial charge on any atom is 0.141 e. The Bertz CT molecular complexity index is 469. The van der Waals surface area contributed by atoms with Crippen molar-refractivity contribution in [3.05, 3.63) is 24.7 Å². The highest BCUT2D eigenvalue weighted by Gasteiger charge is 2.26. The maximum absolute atomic E-state index is 5.49. The average molecular weight is 201 g/mol. The molecule has 1 aliphatic carbocycles. The Morgan fingerprint density at radius 3 is 2.80 bits per heavy atom. The van der Waals surface area contributed by atoms with Crippen LogP contribution >= 0.6 is 0 Å². The molecule has 0 aromatic carbocycles. The smallest absolute Gasteiger partial charge is 0.141 e. The van der Waals surface area contributed by atoms with Crippen LogP contribution < -0.4 is 5.73 Å². The summed E-state index contributed by atoms with van der Waals surface area (Å²) < 4.78 is 2.01. The van der Waals surface area contributed by atoms with Crippen molar-refractivity contribution in [1.82, 2.24) is 19.7 Å². The second-order valence-corrected chi connectivity index (χ2v) is 3.72. The van der Waals surface area contributed by atoms with Gasteiger partial charge in [0.25, 0.3) is 0 Å². The van der Waals surface area contributed by atoms with E-state index in [9.17, 15) is 0 Å². The van der Waals surface area contributed by atoms with Crippen LogP contribution in [0.2, 0.25) is 0 Å². The van der Waals surface area contributed by atoms with Crippen molar-refractivity contribution in [2.24, 2.45) is 0 Å². The van der Waals surface area contributed by atoms with Crippen LogP contribution in [0.15, 0.2) is 24.7 Å². The molecule has 2 aromatic rings. The van der Waals surface area contributed by atoms with E-state index >= 15 is 0 Å². The number of hydrogen-bond acceptors (Lipinski definition) is 4. The van der Waals surface area contributed by atoms with Crippen LogP contribution in [0.5, 0.6) is 0 Å². The predicted octanol–water partition coefficient (Wildman–Crippen LogP) is 1.26. The molecule has 1 saturated carbocycles. The quantitative estimate of drug-likeness (QED) is 0.794. The normalized spacial score (nSPS) is 15.5. The molecule has 2 N–H and O–H groups in total. The van der Waals surface area contributed by atoms with E-state index in [2.05, 4.69) is 15.1 Å². The molecule has 1 aliphatic rings. The highest BCUT2D eigenvalue weighted by molar-refractivity contribution is 5.54. The van der Waals surface area contributed by atoms with Gasteiger partial charge in [0, 0.05) is 6.20 Å². The first-order chi connectivity index (χ1) is 7.34. The molecule has 0 unspecified atom stereocenters. The first-order valence-electron chi connectivity index (χ1n) is 4.96. The van der Waals surface area contributed by atoms with Crippen LogP contribution in [0.3, 0.4) is 0 Å². The second kappa shape index (κ2) is 3.05. The van der Waals surface area contributed by atoms with Gasteiger partial charge in [0.1, 0.15) is 11.5 Å². The third kappa shape index (κ3) is 1.45. The minimum absolute atomic E-state index is 0.441. The number of hydrogen-bond donors (Lipinski definition) is 1. The molecular formula is C10H11N5. The fourth-order valence-electron chi connectivity index (χ4n) is 1.60. The third-order valence-corrected chi connectivity index (χ3v) is 2.50. The van der Waals surface area contributed by atoms with Gasteiger partial charge in [0.05, 0.1) is 24.1 Å². The van der Waals surface area contributed by atoms with E-state index in [1.807, 2.05) is 10.7 Å². The van der Waals surface area contributed by atoms with Crippen LogP contribution in [-0.2, 0) is 0 Å². The van der Waals surface area contributed by atoms with E-state index < -0.39 is 0 Å². The van der Waals surface area contributed by atoms with Crippen LogP contribution in [0.1, 0.15) is 18.9 Å². The summed E-state index contributed by atoms with van der Waals surface area (Å²) in [4.78, 5) is 8.27. The van der Waals surface area contributed by atoms with Gasteiger partial charge in [-0.05, 0) is 18.9 Å². The van der Waals surface area contributed by atoms with Gasteiger partial charge in [-0.15, -0.1) is 0 Å². The Morgan fingerprint density at radius 2 is 2.13 bits per heavy atom. The Labute approximate surface area is 87.0 Å². The Balaban J connectivity index is 2.04. The number of nitrogens with two attached hydrogens (primary N) is 1. The molecule has 0 bridgehead atoms. The zero-order valence-electron chi connectivity index (χ0n) is 8.17. The van der Waals surface area contributed by atoms with Crippen LogP contribution in [-0.4, -0.2) is 19.7 Å². The largest absolute Gasteiger partial charge is 0.382 e. The van der Waals surface area contributed by atoms with Gasteiger partial charge in [-0.2, -0.15) is 5.10 Å². The van der Waals surface area contributed by atoms with Crippen molar-refractivity contribution in [3.8, 4) is 11.4 Å². The molecular weight excluding hydrogens is 190 g/mol. The first-order valence-corrected chi connectivity index (χ1v) is 4.96. The van der Waals surface area contributed by atoms with Gasteiger partial charge in [-0.25, -0.2) is 9.97 Å². The Kier molecular flexibility index (Phi) is 1.71. The number of nitrogen functional groups attached to an aromatic ring is 1. The highest BCUT2D eigenvalue weighted by atomic mass is 15.3. The molecule has 5 nitrogen and oxygen atoms in total. The topological polar surface area (TPSA) is 69.6 Å². The molecule has 3 rings (SSSR count).